The van der Waals surface area contributed by atoms with E-state index in [-0.39, 0.29) is 5.91 Å². The molecule has 1 aliphatic heterocycles. The van der Waals surface area contributed by atoms with Crippen molar-refractivity contribution in [2.45, 2.75) is 25.7 Å². The van der Waals surface area contributed by atoms with Crippen LogP contribution in [0, 0.1) is 0 Å². The van der Waals surface area contributed by atoms with Crippen LogP contribution in [0.25, 0.3) is 11.3 Å². The van der Waals surface area contributed by atoms with Gasteiger partial charge in [0.25, 0.3) is 0 Å². The predicted molar refractivity (Wildman–Crippen MR) is 81.1 cm³/mol. The number of carbonyl (C=O) groups excluding carboxylic acids is 1. The van der Waals surface area contributed by atoms with E-state index in [1.165, 1.54) is 6.42 Å². The minimum atomic E-state index is 0.130. The van der Waals surface area contributed by atoms with Crippen molar-refractivity contribution in [2.75, 3.05) is 13.1 Å². The van der Waals surface area contributed by atoms with Gasteiger partial charge in [0.2, 0.25) is 5.91 Å². The third kappa shape index (κ3) is 3.45. The Morgan fingerprint density at radius 3 is 2.62 bits per heavy atom. The van der Waals surface area contributed by atoms with Crippen LogP contribution < -0.4 is 0 Å². The molecule has 1 saturated heterocycles. The average molecular weight is 305 g/mol. The van der Waals surface area contributed by atoms with E-state index in [9.17, 15) is 4.79 Å². The average Bonchev–Trinajstić information content (AvgIpc) is 2.97. The summed E-state index contributed by atoms with van der Waals surface area (Å²) in [6.45, 7) is 1.72. The molecule has 1 amide bonds. The molecule has 0 radical (unpaired) electrons. The van der Waals surface area contributed by atoms with Crippen LogP contribution >= 0.6 is 11.6 Å². The molecule has 1 fully saturated rings. The highest BCUT2D eigenvalue weighted by molar-refractivity contribution is 6.30. The number of carbonyl (C=O) groups is 1. The van der Waals surface area contributed by atoms with Gasteiger partial charge in [-0.2, -0.15) is 0 Å². The predicted octanol–water partition coefficient (Wildman–Crippen LogP) is 3.55. The van der Waals surface area contributed by atoms with Gasteiger partial charge in [0.15, 0.2) is 5.76 Å². The van der Waals surface area contributed by atoms with Gasteiger partial charge in [-0.05, 0) is 43.5 Å². The number of hydrogen-bond acceptors (Lipinski definition) is 3. The maximum absolute atomic E-state index is 12.2. The monoisotopic (exact) mass is 304 g/mol. The lowest BCUT2D eigenvalue weighted by atomic mass is 10.1. The first-order valence-electron chi connectivity index (χ1n) is 7.22. The fourth-order valence-corrected chi connectivity index (χ4v) is 2.68. The number of amides is 1. The second-order valence-electron chi connectivity index (χ2n) is 5.31. The molecule has 21 heavy (non-hydrogen) atoms. The summed E-state index contributed by atoms with van der Waals surface area (Å²) in [6.07, 6.45) is 3.71. The van der Waals surface area contributed by atoms with Crippen LogP contribution in [0.15, 0.2) is 34.9 Å². The Kier molecular flexibility index (Phi) is 4.25. The van der Waals surface area contributed by atoms with Crippen molar-refractivity contribution in [3.05, 3.63) is 41.0 Å². The third-order valence-corrected chi connectivity index (χ3v) is 3.98. The number of aromatic nitrogens is 1. The fraction of sp³-hybridized carbons (Fsp3) is 0.375. The molecule has 1 aromatic carbocycles. The quantitative estimate of drug-likeness (QED) is 0.871. The zero-order valence-corrected chi connectivity index (χ0v) is 12.5. The number of nitrogens with zero attached hydrogens (tertiary/aromatic N) is 2. The smallest absolute Gasteiger partial charge is 0.228 e. The van der Waals surface area contributed by atoms with Crippen molar-refractivity contribution < 1.29 is 9.32 Å². The topological polar surface area (TPSA) is 46.3 Å². The highest BCUT2D eigenvalue weighted by Gasteiger charge is 2.18. The van der Waals surface area contributed by atoms with Crippen LogP contribution in [0.4, 0.5) is 0 Å². The molecule has 0 bridgehead atoms. The van der Waals surface area contributed by atoms with Gasteiger partial charge in [0.1, 0.15) is 0 Å². The molecule has 2 aromatic rings. The van der Waals surface area contributed by atoms with Crippen molar-refractivity contribution in [3.8, 4) is 11.3 Å². The Labute approximate surface area is 128 Å². The molecule has 0 spiro atoms. The van der Waals surface area contributed by atoms with Gasteiger partial charge < -0.3 is 9.42 Å². The number of benzene rings is 1. The number of rotatable bonds is 3. The Hall–Kier alpha value is -1.81. The summed E-state index contributed by atoms with van der Waals surface area (Å²) in [5.41, 5.74) is 1.58. The first kappa shape index (κ1) is 14.1. The van der Waals surface area contributed by atoms with Gasteiger partial charge in [-0.3, -0.25) is 4.79 Å². The molecule has 0 unspecified atom stereocenters. The standard InChI is InChI=1S/C16H17ClN2O2/c17-13-6-4-12(5-7-13)15-10-14(18-21-15)11-16(20)19-8-2-1-3-9-19/h4-7,10H,1-3,8-9,11H2. The van der Waals surface area contributed by atoms with Gasteiger partial charge in [-0.1, -0.05) is 16.8 Å². The van der Waals surface area contributed by atoms with E-state index in [4.69, 9.17) is 16.1 Å². The molecule has 110 valence electrons. The number of piperidine rings is 1. The Balaban J connectivity index is 1.67. The summed E-state index contributed by atoms with van der Waals surface area (Å²) in [7, 11) is 0. The summed E-state index contributed by atoms with van der Waals surface area (Å²) < 4.78 is 5.31. The van der Waals surface area contributed by atoms with Crippen molar-refractivity contribution in [1.29, 1.82) is 0 Å². The highest BCUT2D eigenvalue weighted by Crippen LogP contribution is 2.22. The van der Waals surface area contributed by atoms with E-state index >= 15 is 0 Å². The van der Waals surface area contributed by atoms with Crippen LogP contribution in [0.2, 0.25) is 5.02 Å². The van der Waals surface area contributed by atoms with Crippen LogP contribution in [0.3, 0.4) is 0 Å². The molecule has 1 aromatic heterocycles. The Bertz CT molecular complexity index is 615. The lowest BCUT2D eigenvalue weighted by Gasteiger charge is -2.26. The molecule has 0 N–H and O–H groups in total. The van der Waals surface area contributed by atoms with Crippen molar-refractivity contribution in [2.24, 2.45) is 0 Å². The normalized spacial score (nSPS) is 15.2. The zero-order chi connectivity index (χ0) is 14.7. The molecule has 0 saturated carbocycles. The largest absolute Gasteiger partial charge is 0.356 e. The Morgan fingerprint density at radius 2 is 1.90 bits per heavy atom. The van der Waals surface area contributed by atoms with E-state index < -0.39 is 0 Å². The van der Waals surface area contributed by atoms with Gasteiger partial charge in [-0.15, -0.1) is 0 Å². The summed E-state index contributed by atoms with van der Waals surface area (Å²) in [5.74, 6) is 0.791. The molecular formula is C16H17ClN2O2. The summed E-state index contributed by atoms with van der Waals surface area (Å²) >= 11 is 5.86. The number of halogens is 1. The molecule has 4 nitrogen and oxygen atoms in total. The molecular weight excluding hydrogens is 288 g/mol. The lowest BCUT2D eigenvalue weighted by molar-refractivity contribution is -0.131. The van der Waals surface area contributed by atoms with Gasteiger partial charge in [-0.25, -0.2) is 0 Å². The van der Waals surface area contributed by atoms with Crippen molar-refractivity contribution >= 4 is 17.5 Å². The van der Waals surface area contributed by atoms with Crippen molar-refractivity contribution in [1.82, 2.24) is 10.1 Å². The van der Waals surface area contributed by atoms with Crippen LogP contribution in [-0.2, 0) is 11.2 Å². The third-order valence-electron chi connectivity index (χ3n) is 3.73. The minimum absolute atomic E-state index is 0.130. The second kappa shape index (κ2) is 6.31. The van der Waals surface area contributed by atoms with E-state index in [1.807, 2.05) is 23.1 Å². The SMILES string of the molecule is O=C(Cc1cc(-c2ccc(Cl)cc2)on1)N1CCCCC1. The first-order valence-corrected chi connectivity index (χ1v) is 7.59. The highest BCUT2D eigenvalue weighted by atomic mass is 35.5. The van der Waals surface area contributed by atoms with E-state index in [0.29, 0.717) is 22.9 Å². The molecule has 0 aliphatic carbocycles. The minimum Gasteiger partial charge on any atom is -0.356 e. The Morgan fingerprint density at radius 1 is 1.19 bits per heavy atom. The van der Waals surface area contributed by atoms with Crippen LogP contribution in [-0.4, -0.2) is 29.1 Å². The maximum atomic E-state index is 12.2. The van der Waals surface area contributed by atoms with E-state index in [1.54, 1.807) is 12.1 Å². The zero-order valence-electron chi connectivity index (χ0n) is 11.7. The molecule has 3 rings (SSSR count). The van der Waals surface area contributed by atoms with E-state index in [2.05, 4.69) is 5.16 Å². The maximum Gasteiger partial charge on any atom is 0.228 e. The number of likely N-dealkylation sites (tertiary alicyclic amines) is 1. The van der Waals surface area contributed by atoms with Gasteiger partial charge in [0.05, 0.1) is 12.1 Å². The van der Waals surface area contributed by atoms with Crippen molar-refractivity contribution in [3.63, 3.8) is 0 Å². The number of hydrogen-bond donors (Lipinski definition) is 0. The van der Waals surface area contributed by atoms with E-state index in [0.717, 1.165) is 31.5 Å². The van der Waals surface area contributed by atoms with Gasteiger partial charge >= 0.3 is 0 Å². The van der Waals surface area contributed by atoms with Crippen LogP contribution in [0.5, 0.6) is 0 Å². The van der Waals surface area contributed by atoms with Gasteiger partial charge in [0, 0.05) is 29.7 Å². The lowest BCUT2D eigenvalue weighted by Crippen LogP contribution is -2.36. The summed E-state index contributed by atoms with van der Waals surface area (Å²) in [4.78, 5) is 14.1. The molecule has 2 heterocycles. The summed E-state index contributed by atoms with van der Waals surface area (Å²) in [6, 6.07) is 9.18. The summed E-state index contributed by atoms with van der Waals surface area (Å²) in [5, 5.41) is 4.67. The first-order chi connectivity index (χ1) is 10.2. The molecule has 1 aliphatic rings. The molecule has 5 heteroatoms. The van der Waals surface area contributed by atoms with Crippen LogP contribution in [0.1, 0.15) is 25.0 Å². The second-order valence-corrected chi connectivity index (χ2v) is 5.74. The molecule has 0 atom stereocenters. The fourth-order valence-electron chi connectivity index (χ4n) is 2.56.